The molecule has 3 aromatic rings. The molecule has 130 valence electrons. The van der Waals surface area contributed by atoms with Crippen LogP contribution >= 0.6 is 0 Å². The Bertz CT molecular complexity index is 917. The average molecular weight is 339 g/mol. The van der Waals surface area contributed by atoms with E-state index in [0.29, 0.717) is 11.5 Å². The zero-order valence-corrected chi connectivity index (χ0v) is 14.4. The summed E-state index contributed by atoms with van der Waals surface area (Å²) < 4.78 is 1.90. The Hall–Kier alpha value is -3.09. The summed E-state index contributed by atoms with van der Waals surface area (Å²) in [6, 6.07) is 4.99. The number of hydrogen-bond donors (Lipinski definition) is 3. The van der Waals surface area contributed by atoms with Gasteiger partial charge in [0.25, 0.3) is 5.91 Å². The molecule has 0 aliphatic heterocycles. The third kappa shape index (κ3) is 3.26. The number of carbonyl (C=O) groups excluding carboxylic acids is 1. The quantitative estimate of drug-likeness (QED) is 0.665. The molecule has 1 aromatic carbocycles. The molecule has 0 aliphatic rings. The number of nitrogens with zero attached hydrogens (tertiary/aromatic N) is 3. The second-order valence-electron chi connectivity index (χ2n) is 6.00. The smallest absolute Gasteiger partial charge is 0.255 e. The Balaban J connectivity index is 2.00. The first-order valence-corrected chi connectivity index (χ1v) is 8.21. The van der Waals surface area contributed by atoms with Gasteiger partial charge in [-0.3, -0.25) is 9.20 Å². The van der Waals surface area contributed by atoms with Crippen molar-refractivity contribution in [2.45, 2.75) is 26.8 Å². The Morgan fingerprint density at radius 2 is 2.12 bits per heavy atom. The Labute approximate surface area is 145 Å². The highest BCUT2D eigenvalue weighted by Gasteiger charge is 2.15. The Kier molecular flexibility index (Phi) is 4.56. The van der Waals surface area contributed by atoms with Gasteiger partial charge in [-0.2, -0.15) is 0 Å². The normalized spacial score (nSPS) is 11.0. The topological polar surface area (TPSA) is 91.6 Å². The van der Waals surface area contributed by atoms with Crippen LogP contribution < -0.4 is 10.6 Å². The van der Waals surface area contributed by atoms with Gasteiger partial charge in [0, 0.05) is 30.5 Å². The minimum absolute atomic E-state index is 0.00216. The van der Waals surface area contributed by atoms with Gasteiger partial charge in [-0.15, -0.1) is 0 Å². The van der Waals surface area contributed by atoms with Gasteiger partial charge < -0.3 is 15.7 Å². The maximum absolute atomic E-state index is 12.1. The molecule has 0 atom stereocenters. The van der Waals surface area contributed by atoms with Crippen molar-refractivity contribution in [1.29, 1.82) is 0 Å². The second kappa shape index (κ2) is 6.80. The number of hydrogen-bond acceptors (Lipinski definition) is 5. The largest absolute Gasteiger partial charge is 0.507 e. The molecule has 0 aliphatic carbocycles. The number of imidazole rings is 1. The fraction of sp³-hybridized carbons (Fsp3) is 0.278. The van der Waals surface area contributed by atoms with Crippen molar-refractivity contribution in [3.05, 3.63) is 42.4 Å². The lowest BCUT2D eigenvalue weighted by Gasteiger charge is -2.11. The van der Waals surface area contributed by atoms with Crippen molar-refractivity contribution in [2.24, 2.45) is 0 Å². The lowest BCUT2D eigenvalue weighted by atomic mass is 10.1. The van der Waals surface area contributed by atoms with Crippen molar-refractivity contribution in [3.8, 4) is 17.0 Å². The SMILES string of the molecule is CCNc1nccn2c(-c3ccc(C(=O)NC(C)C)c(O)c3)cnc12. The number of rotatable bonds is 5. The highest BCUT2D eigenvalue weighted by Crippen LogP contribution is 2.28. The maximum atomic E-state index is 12.1. The number of fused-ring (bicyclic) bond motifs is 1. The van der Waals surface area contributed by atoms with Crippen LogP contribution in [0.5, 0.6) is 5.75 Å². The lowest BCUT2D eigenvalue weighted by molar-refractivity contribution is 0.0940. The van der Waals surface area contributed by atoms with E-state index in [-0.39, 0.29) is 23.3 Å². The van der Waals surface area contributed by atoms with Crippen LogP contribution in [0.15, 0.2) is 36.8 Å². The van der Waals surface area contributed by atoms with Crippen LogP contribution in [0.3, 0.4) is 0 Å². The van der Waals surface area contributed by atoms with Gasteiger partial charge in [-0.1, -0.05) is 6.07 Å². The monoisotopic (exact) mass is 339 g/mol. The molecule has 3 rings (SSSR count). The molecule has 2 heterocycles. The molecular formula is C18H21N5O2. The molecule has 7 nitrogen and oxygen atoms in total. The van der Waals surface area contributed by atoms with Crippen molar-refractivity contribution in [1.82, 2.24) is 19.7 Å². The van der Waals surface area contributed by atoms with Crippen LogP contribution in [0.4, 0.5) is 5.82 Å². The minimum Gasteiger partial charge on any atom is -0.507 e. The molecule has 3 N–H and O–H groups in total. The fourth-order valence-corrected chi connectivity index (χ4v) is 2.65. The van der Waals surface area contributed by atoms with Gasteiger partial charge in [0.1, 0.15) is 5.75 Å². The van der Waals surface area contributed by atoms with Crippen LogP contribution in [0.1, 0.15) is 31.1 Å². The number of phenolic OH excluding ortho intramolecular Hbond substituents is 1. The van der Waals surface area contributed by atoms with Crippen LogP contribution in [-0.2, 0) is 0 Å². The molecule has 0 spiro atoms. The van der Waals surface area contributed by atoms with Gasteiger partial charge in [-0.25, -0.2) is 9.97 Å². The number of benzene rings is 1. The van der Waals surface area contributed by atoms with Crippen LogP contribution in [0.2, 0.25) is 0 Å². The van der Waals surface area contributed by atoms with Crippen molar-refractivity contribution < 1.29 is 9.90 Å². The summed E-state index contributed by atoms with van der Waals surface area (Å²) in [4.78, 5) is 20.8. The van der Waals surface area contributed by atoms with Gasteiger partial charge in [0.15, 0.2) is 11.5 Å². The Morgan fingerprint density at radius 1 is 1.32 bits per heavy atom. The molecule has 0 unspecified atom stereocenters. The summed E-state index contributed by atoms with van der Waals surface area (Å²) in [5, 5.41) is 16.2. The van der Waals surface area contributed by atoms with Crippen LogP contribution in [0, 0.1) is 0 Å². The van der Waals surface area contributed by atoms with E-state index in [0.717, 1.165) is 17.8 Å². The Morgan fingerprint density at radius 3 is 2.80 bits per heavy atom. The summed E-state index contributed by atoms with van der Waals surface area (Å²) in [6.45, 7) is 6.48. The van der Waals surface area contributed by atoms with E-state index in [1.165, 1.54) is 0 Å². The number of amides is 1. The van der Waals surface area contributed by atoms with Gasteiger partial charge in [0.05, 0.1) is 17.5 Å². The van der Waals surface area contributed by atoms with E-state index in [9.17, 15) is 9.90 Å². The minimum atomic E-state index is -0.296. The number of nitrogens with one attached hydrogen (secondary N) is 2. The molecular weight excluding hydrogens is 318 g/mol. The second-order valence-corrected chi connectivity index (χ2v) is 6.00. The summed E-state index contributed by atoms with van der Waals surface area (Å²) in [5.41, 5.74) is 2.53. The predicted octanol–water partition coefficient (Wildman–Crippen LogP) is 2.67. The molecule has 0 saturated carbocycles. The van der Waals surface area contributed by atoms with Gasteiger partial charge in [0.2, 0.25) is 0 Å². The molecule has 0 radical (unpaired) electrons. The van der Waals surface area contributed by atoms with E-state index in [1.54, 1.807) is 30.6 Å². The number of phenols is 1. The number of anilines is 1. The van der Waals surface area contributed by atoms with Gasteiger partial charge in [-0.05, 0) is 32.9 Å². The highest BCUT2D eigenvalue weighted by molar-refractivity contribution is 5.97. The number of aromatic hydroxyl groups is 1. The summed E-state index contributed by atoms with van der Waals surface area (Å²) in [6.07, 6.45) is 5.23. The van der Waals surface area contributed by atoms with E-state index >= 15 is 0 Å². The number of carbonyl (C=O) groups is 1. The zero-order valence-electron chi connectivity index (χ0n) is 14.4. The zero-order chi connectivity index (χ0) is 18.0. The van der Waals surface area contributed by atoms with Crippen LogP contribution in [-0.4, -0.2) is 38.0 Å². The first-order chi connectivity index (χ1) is 12.0. The molecule has 0 saturated heterocycles. The lowest BCUT2D eigenvalue weighted by Crippen LogP contribution is -2.30. The molecule has 7 heteroatoms. The molecule has 0 fully saturated rings. The summed E-state index contributed by atoms with van der Waals surface area (Å²) >= 11 is 0. The fourth-order valence-electron chi connectivity index (χ4n) is 2.65. The van der Waals surface area contributed by atoms with E-state index in [1.807, 2.05) is 31.4 Å². The molecule has 25 heavy (non-hydrogen) atoms. The van der Waals surface area contributed by atoms with E-state index < -0.39 is 0 Å². The highest BCUT2D eigenvalue weighted by atomic mass is 16.3. The molecule has 2 aromatic heterocycles. The van der Waals surface area contributed by atoms with Crippen molar-refractivity contribution in [3.63, 3.8) is 0 Å². The summed E-state index contributed by atoms with van der Waals surface area (Å²) in [5.74, 6) is 0.343. The van der Waals surface area contributed by atoms with Crippen molar-refractivity contribution >= 4 is 17.4 Å². The van der Waals surface area contributed by atoms with E-state index in [4.69, 9.17) is 0 Å². The predicted molar refractivity (Wildman–Crippen MR) is 96.9 cm³/mol. The van der Waals surface area contributed by atoms with E-state index in [2.05, 4.69) is 20.6 Å². The third-order valence-electron chi connectivity index (χ3n) is 3.73. The maximum Gasteiger partial charge on any atom is 0.255 e. The van der Waals surface area contributed by atoms with Crippen molar-refractivity contribution in [2.75, 3.05) is 11.9 Å². The number of aromatic nitrogens is 3. The summed E-state index contributed by atoms with van der Waals surface area (Å²) in [7, 11) is 0. The van der Waals surface area contributed by atoms with Crippen LogP contribution in [0.25, 0.3) is 16.9 Å². The molecule has 1 amide bonds. The first-order valence-electron chi connectivity index (χ1n) is 8.21. The average Bonchev–Trinajstić information content (AvgIpc) is 2.99. The van der Waals surface area contributed by atoms with Gasteiger partial charge >= 0.3 is 0 Å². The first kappa shape index (κ1) is 16.8. The third-order valence-corrected chi connectivity index (χ3v) is 3.73. The molecule has 0 bridgehead atoms. The standard InChI is InChI=1S/C18H21N5O2/c1-4-19-16-17-21-10-14(23(17)8-7-20-16)12-5-6-13(15(24)9-12)18(25)22-11(2)3/h5-11,24H,4H2,1-3H3,(H,19,20)(H,22,25).